The molecule has 1 heterocycles. The van der Waals surface area contributed by atoms with E-state index in [9.17, 15) is 0 Å². The summed E-state index contributed by atoms with van der Waals surface area (Å²) >= 11 is 0. The molecule has 2 atom stereocenters. The van der Waals surface area contributed by atoms with Crippen molar-refractivity contribution in [2.75, 3.05) is 13.1 Å². The summed E-state index contributed by atoms with van der Waals surface area (Å²) in [5.41, 5.74) is 0.367. The van der Waals surface area contributed by atoms with Gasteiger partial charge in [0.25, 0.3) is 0 Å². The molecule has 2 heteroatoms. The summed E-state index contributed by atoms with van der Waals surface area (Å²) < 4.78 is 0. The van der Waals surface area contributed by atoms with Gasteiger partial charge in [-0.2, -0.15) is 0 Å². The molecule has 1 saturated heterocycles. The van der Waals surface area contributed by atoms with Crippen LogP contribution in [0.5, 0.6) is 0 Å². The zero-order valence-corrected chi connectivity index (χ0v) is 11.3. The highest BCUT2D eigenvalue weighted by Gasteiger charge is 2.34. The Morgan fingerprint density at radius 3 is 2.33 bits per heavy atom. The lowest BCUT2D eigenvalue weighted by Crippen LogP contribution is -2.61. The molecular weight excluding hydrogens is 184 g/mol. The molecule has 0 radical (unpaired) electrons. The molecule has 1 aliphatic heterocycles. The van der Waals surface area contributed by atoms with Gasteiger partial charge in [-0.05, 0) is 25.7 Å². The first-order chi connectivity index (χ1) is 6.86. The van der Waals surface area contributed by atoms with Gasteiger partial charge in [-0.3, -0.25) is 4.90 Å². The van der Waals surface area contributed by atoms with Crippen molar-refractivity contribution in [2.24, 2.45) is 5.41 Å². The molecule has 0 aromatic rings. The van der Waals surface area contributed by atoms with Crippen LogP contribution < -0.4 is 5.32 Å². The Bertz CT molecular complexity index is 193. The van der Waals surface area contributed by atoms with Crippen LogP contribution in [-0.2, 0) is 0 Å². The molecule has 0 aliphatic carbocycles. The molecule has 0 amide bonds. The van der Waals surface area contributed by atoms with Crippen molar-refractivity contribution in [1.82, 2.24) is 10.2 Å². The molecule has 1 rings (SSSR count). The molecule has 15 heavy (non-hydrogen) atoms. The lowest BCUT2D eigenvalue weighted by Gasteiger charge is -2.46. The molecule has 90 valence electrons. The Hall–Kier alpha value is -0.0800. The molecule has 0 aromatic carbocycles. The summed E-state index contributed by atoms with van der Waals surface area (Å²) in [6.07, 6.45) is 1.25. The van der Waals surface area contributed by atoms with Crippen LogP contribution in [-0.4, -0.2) is 36.1 Å². The van der Waals surface area contributed by atoms with Crippen molar-refractivity contribution in [3.8, 4) is 0 Å². The minimum Gasteiger partial charge on any atom is -0.311 e. The lowest BCUT2D eigenvalue weighted by atomic mass is 9.84. The van der Waals surface area contributed by atoms with Crippen LogP contribution in [0.1, 0.15) is 48.0 Å². The summed E-state index contributed by atoms with van der Waals surface area (Å²) in [6, 6.07) is 2.02. The summed E-state index contributed by atoms with van der Waals surface area (Å²) in [4.78, 5) is 2.66. The minimum atomic E-state index is 0.367. The first kappa shape index (κ1) is 13.0. The van der Waals surface area contributed by atoms with Crippen molar-refractivity contribution in [3.05, 3.63) is 0 Å². The second kappa shape index (κ2) is 4.84. The highest BCUT2D eigenvalue weighted by molar-refractivity contribution is 4.92. The molecule has 0 aromatic heterocycles. The third-order valence-corrected chi connectivity index (χ3v) is 3.64. The fraction of sp³-hybridized carbons (Fsp3) is 1.00. The van der Waals surface area contributed by atoms with Crippen LogP contribution >= 0.6 is 0 Å². The van der Waals surface area contributed by atoms with E-state index in [1.807, 2.05) is 0 Å². The first-order valence-electron chi connectivity index (χ1n) is 6.35. The van der Waals surface area contributed by atoms with Gasteiger partial charge in [0, 0.05) is 31.2 Å². The van der Waals surface area contributed by atoms with E-state index in [0.29, 0.717) is 17.5 Å². The Morgan fingerprint density at radius 2 is 1.93 bits per heavy atom. The van der Waals surface area contributed by atoms with Crippen molar-refractivity contribution in [2.45, 2.75) is 66.1 Å². The van der Waals surface area contributed by atoms with Gasteiger partial charge < -0.3 is 5.32 Å². The van der Waals surface area contributed by atoms with E-state index in [1.165, 1.54) is 13.0 Å². The molecule has 1 fully saturated rings. The summed E-state index contributed by atoms with van der Waals surface area (Å²) in [5, 5.41) is 3.70. The van der Waals surface area contributed by atoms with E-state index in [4.69, 9.17) is 0 Å². The second-order valence-corrected chi connectivity index (χ2v) is 6.18. The van der Waals surface area contributed by atoms with Crippen LogP contribution in [0.15, 0.2) is 0 Å². The molecule has 1 aliphatic rings. The third-order valence-electron chi connectivity index (χ3n) is 3.64. The zero-order chi connectivity index (χ0) is 11.6. The normalized spacial score (nSPS) is 29.8. The fourth-order valence-electron chi connectivity index (χ4n) is 2.41. The summed E-state index contributed by atoms with van der Waals surface area (Å²) in [6.45, 7) is 16.2. The fourth-order valence-corrected chi connectivity index (χ4v) is 2.41. The highest BCUT2D eigenvalue weighted by Crippen LogP contribution is 2.25. The third kappa shape index (κ3) is 3.18. The number of hydrogen-bond donors (Lipinski definition) is 1. The van der Waals surface area contributed by atoms with Crippen molar-refractivity contribution < 1.29 is 0 Å². The Balaban J connectivity index is 2.66. The predicted octanol–water partition coefficient (Wildman–Crippen LogP) is 2.49. The van der Waals surface area contributed by atoms with Gasteiger partial charge in [-0.1, -0.05) is 27.7 Å². The Morgan fingerprint density at radius 1 is 1.33 bits per heavy atom. The van der Waals surface area contributed by atoms with Crippen LogP contribution in [0.3, 0.4) is 0 Å². The molecular formula is C13H28N2. The van der Waals surface area contributed by atoms with Gasteiger partial charge in [0.2, 0.25) is 0 Å². The molecule has 2 nitrogen and oxygen atoms in total. The van der Waals surface area contributed by atoms with E-state index in [2.05, 4.69) is 51.8 Å². The monoisotopic (exact) mass is 212 g/mol. The van der Waals surface area contributed by atoms with Crippen LogP contribution in [0, 0.1) is 5.41 Å². The SMILES string of the molecule is CCC1CNC(C(C)(C)C)CN1C(C)C. The maximum absolute atomic E-state index is 3.70. The number of nitrogens with zero attached hydrogens (tertiary/aromatic N) is 1. The quantitative estimate of drug-likeness (QED) is 0.756. The number of hydrogen-bond acceptors (Lipinski definition) is 2. The Kier molecular flexibility index (Phi) is 4.19. The van der Waals surface area contributed by atoms with Gasteiger partial charge in [0.15, 0.2) is 0 Å². The van der Waals surface area contributed by atoms with Crippen LogP contribution in [0.4, 0.5) is 0 Å². The average molecular weight is 212 g/mol. The van der Waals surface area contributed by atoms with Crippen molar-refractivity contribution in [3.63, 3.8) is 0 Å². The molecule has 0 saturated carbocycles. The average Bonchev–Trinajstić information content (AvgIpc) is 2.15. The van der Waals surface area contributed by atoms with E-state index >= 15 is 0 Å². The summed E-state index contributed by atoms with van der Waals surface area (Å²) in [7, 11) is 0. The van der Waals surface area contributed by atoms with Crippen LogP contribution in [0.25, 0.3) is 0 Å². The number of nitrogens with one attached hydrogen (secondary N) is 1. The maximum Gasteiger partial charge on any atom is 0.0244 e. The van der Waals surface area contributed by atoms with E-state index in [-0.39, 0.29) is 0 Å². The standard InChI is InChI=1S/C13H28N2/c1-7-11-8-14-12(13(4,5)6)9-15(11)10(2)3/h10-12,14H,7-9H2,1-6H3. The van der Waals surface area contributed by atoms with E-state index in [1.54, 1.807) is 0 Å². The second-order valence-electron chi connectivity index (χ2n) is 6.18. The number of piperazine rings is 1. The van der Waals surface area contributed by atoms with E-state index < -0.39 is 0 Å². The van der Waals surface area contributed by atoms with Gasteiger partial charge in [-0.15, -0.1) is 0 Å². The van der Waals surface area contributed by atoms with Gasteiger partial charge in [0.1, 0.15) is 0 Å². The molecule has 2 unspecified atom stereocenters. The minimum absolute atomic E-state index is 0.367. The Labute approximate surface area is 95.4 Å². The van der Waals surface area contributed by atoms with Gasteiger partial charge >= 0.3 is 0 Å². The van der Waals surface area contributed by atoms with Crippen LogP contribution in [0.2, 0.25) is 0 Å². The first-order valence-corrected chi connectivity index (χ1v) is 6.35. The molecule has 0 spiro atoms. The predicted molar refractivity (Wildman–Crippen MR) is 67.2 cm³/mol. The van der Waals surface area contributed by atoms with Gasteiger partial charge in [0.05, 0.1) is 0 Å². The van der Waals surface area contributed by atoms with Crippen molar-refractivity contribution >= 4 is 0 Å². The maximum atomic E-state index is 3.70. The highest BCUT2D eigenvalue weighted by atomic mass is 15.3. The zero-order valence-electron chi connectivity index (χ0n) is 11.3. The molecule has 1 N–H and O–H groups in total. The van der Waals surface area contributed by atoms with Gasteiger partial charge in [-0.25, -0.2) is 0 Å². The number of rotatable bonds is 2. The topological polar surface area (TPSA) is 15.3 Å². The van der Waals surface area contributed by atoms with Crippen molar-refractivity contribution in [1.29, 1.82) is 0 Å². The lowest BCUT2D eigenvalue weighted by molar-refractivity contribution is 0.0594. The largest absolute Gasteiger partial charge is 0.311 e. The summed E-state index contributed by atoms with van der Waals surface area (Å²) in [5.74, 6) is 0. The van der Waals surface area contributed by atoms with E-state index in [0.717, 1.165) is 12.6 Å². The smallest absolute Gasteiger partial charge is 0.0244 e. The molecule has 0 bridgehead atoms.